The summed E-state index contributed by atoms with van der Waals surface area (Å²) in [7, 11) is 4.88. The molecule has 5 heteroatoms. The number of carbonyl (C=O) groups excluding carboxylic acids is 1. The van der Waals surface area contributed by atoms with E-state index in [0.717, 1.165) is 12.3 Å². The lowest BCUT2D eigenvalue weighted by molar-refractivity contribution is -0.325. The van der Waals surface area contributed by atoms with Crippen molar-refractivity contribution in [2.75, 3.05) is 21.3 Å². The molecule has 10 atom stereocenters. The van der Waals surface area contributed by atoms with Crippen LogP contribution in [0.3, 0.4) is 0 Å². The van der Waals surface area contributed by atoms with E-state index in [2.05, 4.69) is 27.7 Å². The second-order valence-corrected chi connectivity index (χ2v) is 12.6. The Morgan fingerprint density at radius 2 is 1.62 bits per heavy atom. The van der Waals surface area contributed by atoms with Gasteiger partial charge in [0, 0.05) is 20.6 Å². The zero-order valence-electron chi connectivity index (χ0n) is 22.8. The highest BCUT2D eigenvalue weighted by molar-refractivity contribution is 5.69. The van der Waals surface area contributed by atoms with Crippen molar-refractivity contribution in [3.8, 4) is 0 Å². The molecular weight excluding hydrogens is 428 g/mol. The van der Waals surface area contributed by atoms with E-state index in [0.29, 0.717) is 47.3 Å². The SMILES string of the molecule is CC[C@H]1[C@@H](OC(OC)OC)[C@@H]2[C@H](CC[C@]3(C)[C@@H]([C@H](C)CC(=O)OC)CC[C@@H]23)[C@@]2(C)CCCC[C@@H]12. The Kier molecular flexibility index (Phi) is 8.06. The quantitative estimate of drug-likeness (QED) is 0.297. The Hall–Kier alpha value is -0.650. The summed E-state index contributed by atoms with van der Waals surface area (Å²) in [6.07, 6.45) is 12.3. The molecular formula is C29H50O5. The molecule has 4 saturated carbocycles. The third-order valence-electron chi connectivity index (χ3n) is 11.4. The average Bonchev–Trinajstić information content (AvgIpc) is 3.19. The van der Waals surface area contributed by atoms with Crippen molar-refractivity contribution in [1.29, 1.82) is 0 Å². The van der Waals surface area contributed by atoms with Gasteiger partial charge in [0.25, 0.3) is 6.48 Å². The van der Waals surface area contributed by atoms with Gasteiger partial charge in [-0.1, -0.05) is 47.0 Å². The van der Waals surface area contributed by atoms with Gasteiger partial charge < -0.3 is 18.9 Å². The Morgan fingerprint density at radius 1 is 0.912 bits per heavy atom. The van der Waals surface area contributed by atoms with E-state index >= 15 is 0 Å². The molecule has 4 aliphatic carbocycles. The van der Waals surface area contributed by atoms with Gasteiger partial charge >= 0.3 is 5.97 Å². The molecule has 4 aliphatic rings. The number of methoxy groups -OCH3 is 3. The van der Waals surface area contributed by atoms with E-state index in [4.69, 9.17) is 18.9 Å². The number of hydrogen-bond donors (Lipinski definition) is 0. The van der Waals surface area contributed by atoms with Crippen LogP contribution in [0.25, 0.3) is 0 Å². The Labute approximate surface area is 208 Å². The summed E-state index contributed by atoms with van der Waals surface area (Å²) in [6.45, 7) is 9.21. The minimum atomic E-state index is -0.601. The fourth-order valence-corrected chi connectivity index (χ4v) is 9.99. The Balaban J connectivity index is 1.70. The zero-order valence-corrected chi connectivity index (χ0v) is 22.8. The fourth-order valence-electron chi connectivity index (χ4n) is 9.99. The molecule has 5 nitrogen and oxygen atoms in total. The van der Waals surface area contributed by atoms with Gasteiger partial charge in [-0.25, -0.2) is 0 Å². The number of esters is 1. The molecule has 0 radical (unpaired) electrons. The molecule has 0 amide bonds. The smallest absolute Gasteiger partial charge is 0.305 e. The molecule has 4 fully saturated rings. The molecule has 0 aromatic carbocycles. The monoisotopic (exact) mass is 478 g/mol. The standard InChI is InChI=1S/C29H50O5/c1-8-19-21-11-9-10-15-28(21,3)23-14-16-29(4)20(18(2)17-24(30)31-5)12-13-22(29)25(23)26(19)34-27(32-6)33-7/h18-23,25-27H,8-17H2,1-7H3/t18-,19-,20-,21+,22+,23+,25+,26-,28+,29-/m1/s1. The van der Waals surface area contributed by atoms with Crippen molar-refractivity contribution in [1.82, 2.24) is 0 Å². The van der Waals surface area contributed by atoms with Crippen LogP contribution in [0.4, 0.5) is 0 Å². The highest BCUT2D eigenvalue weighted by Crippen LogP contribution is 2.70. The van der Waals surface area contributed by atoms with Crippen LogP contribution < -0.4 is 0 Å². The highest BCUT2D eigenvalue weighted by Gasteiger charge is 2.65. The van der Waals surface area contributed by atoms with Crippen LogP contribution in [0.5, 0.6) is 0 Å². The van der Waals surface area contributed by atoms with Gasteiger partial charge in [0.1, 0.15) is 0 Å². The van der Waals surface area contributed by atoms with Gasteiger partial charge in [-0.3, -0.25) is 4.79 Å². The lowest BCUT2D eigenvalue weighted by Crippen LogP contribution is -2.62. The maximum Gasteiger partial charge on any atom is 0.305 e. The molecule has 0 aromatic rings. The predicted octanol–water partition coefficient (Wildman–Crippen LogP) is 6.44. The Morgan fingerprint density at radius 3 is 2.26 bits per heavy atom. The lowest BCUT2D eigenvalue weighted by Gasteiger charge is -2.65. The Bertz CT molecular complexity index is 707. The fraction of sp³-hybridized carbons (Fsp3) is 0.966. The maximum atomic E-state index is 12.1. The number of carbonyl (C=O) groups is 1. The summed E-state index contributed by atoms with van der Waals surface area (Å²) >= 11 is 0. The van der Waals surface area contributed by atoms with Gasteiger partial charge in [-0.2, -0.15) is 0 Å². The molecule has 0 unspecified atom stereocenters. The molecule has 0 saturated heterocycles. The van der Waals surface area contributed by atoms with Crippen molar-refractivity contribution < 1.29 is 23.7 Å². The van der Waals surface area contributed by atoms with E-state index in [-0.39, 0.29) is 17.5 Å². The summed E-state index contributed by atoms with van der Waals surface area (Å²) < 4.78 is 23.0. The highest BCUT2D eigenvalue weighted by atomic mass is 16.8. The second kappa shape index (κ2) is 10.4. The molecule has 0 aliphatic heterocycles. The maximum absolute atomic E-state index is 12.1. The normalized spacial score (nSPS) is 44.8. The van der Waals surface area contributed by atoms with Gasteiger partial charge in [-0.15, -0.1) is 0 Å². The largest absolute Gasteiger partial charge is 0.469 e. The predicted molar refractivity (Wildman–Crippen MR) is 133 cm³/mol. The molecule has 0 bridgehead atoms. The minimum Gasteiger partial charge on any atom is -0.469 e. The summed E-state index contributed by atoms with van der Waals surface area (Å²) in [5.74, 6) is 3.99. The summed E-state index contributed by atoms with van der Waals surface area (Å²) in [5.41, 5.74) is 0.665. The van der Waals surface area contributed by atoms with E-state index < -0.39 is 6.48 Å². The first-order valence-electron chi connectivity index (χ1n) is 14.0. The van der Waals surface area contributed by atoms with Gasteiger partial charge in [-0.05, 0) is 90.8 Å². The summed E-state index contributed by atoms with van der Waals surface area (Å²) in [5, 5.41) is 0. The van der Waals surface area contributed by atoms with Crippen molar-refractivity contribution in [2.24, 2.45) is 52.3 Å². The molecule has 34 heavy (non-hydrogen) atoms. The van der Waals surface area contributed by atoms with Crippen molar-refractivity contribution in [2.45, 2.75) is 104 Å². The average molecular weight is 479 g/mol. The number of fused-ring (bicyclic) bond motifs is 5. The van der Waals surface area contributed by atoms with E-state index in [1.54, 1.807) is 14.2 Å². The number of rotatable bonds is 8. The van der Waals surface area contributed by atoms with E-state index in [1.165, 1.54) is 58.5 Å². The van der Waals surface area contributed by atoms with Crippen LogP contribution in [-0.2, 0) is 23.7 Å². The first kappa shape index (κ1) is 26.4. The molecule has 0 N–H and O–H groups in total. The third kappa shape index (κ3) is 4.26. The zero-order chi connectivity index (χ0) is 24.7. The van der Waals surface area contributed by atoms with Crippen LogP contribution in [0.2, 0.25) is 0 Å². The van der Waals surface area contributed by atoms with Gasteiger partial charge in [0.05, 0.1) is 13.2 Å². The van der Waals surface area contributed by atoms with Gasteiger partial charge in [0.2, 0.25) is 0 Å². The van der Waals surface area contributed by atoms with Gasteiger partial charge in [0.15, 0.2) is 0 Å². The van der Waals surface area contributed by atoms with Crippen LogP contribution in [0.1, 0.15) is 91.9 Å². The van der Waals surface area contributed by atoms with Crippen LogP contribution in [0.15, 0.2) is 0 Å². The second-order valence-electron chi connectivity index (χ2n) is 12.6. The van der Waals surface area contributed by atoms with Crippen LogP contribution in [-0.4, -0.2) is 39.9 Å². The summed E-state index contributed by atoms with van der Waals surface area (Å²) in [4.78, 5) is 12.1. The molecule has 196 valence electrons. The minimum absolute atomic E-state index is 0.0706. The number of hydrogen-bond acceptors (Lipinski definition) is 5. The topological polar surface area (TPSA) is 54.0 Å². The lowest BCUT2D eigenvalue weighted by atomic mass is 9.41. The molecule has 0 spiro atoms. The van der Waals surface area contributed by atoms with Crippen molar-refractivity contribution in [3.05, 3.63) is 0 Å². The first-order valence-corrected chi connectivity index (χ1v) is 14.0. The molecule has 4 rings (SSSR count). The first-order chi connectivity index (χ1) is 16.2. The van der Waals surface area contributed by atoms with E-state index in [9.17, 15) is 4.79 Å². The van der Waals surface area contributed by atoms with Crippen molar-refractivity contribution >= 4 is 5.97 Å². The number of ether oxygens (including phenoxy) is 4. The van der Waals surface area contributed by atoms with Crippen molar-refractivity contribution in [3.63, 3.8) is 0 Å². The van der Waals surface area contributed by atoms with Crippen LogP contribution in [0, 0.1) is 52.3 Å². The molecule has 0 aromatic heterocycles. The molecule has 0 heterocycles. The summed E-state index contributed by atoms with van der Waals surface area (Å²) in [6, 6.07) is 0. The van der Waals surface area contributed by atoms with E-state index in [1.807, 2.05) is 0 Å². The third-order valence-corrected chi connectivity index (χ3v) is 11.4. The van der Waals surface area contributed by atoms with Crippen LogP contribution >= 0.6 is 0 Å².